The van der Waals surface area contributed by atoms with Crippen LogP contribution in [0.4, 0.5) is 5.69 Å². The fourth-order valence-electron chi connectivity index (χ4n) is 1.26. The number of rotatable bonds is 2. The molecular weight excluding hydrogens is 206 g/mol. The zero-order chi connectivity index (χ0) is 11.5. The van der Waals surface area contributed by atoms with Gasteiger partial charge in [0.05, 0.1) is 0 Å². The normalized spacial score (nSPS) is 10.0. The van der Waals surface area contributed by atoms with Gasteiger partial charge in [-0.2, -0.15) is 0 Å². The van der Waals surface area contributed by atoms with Gasteiger partial charge in [-0.05, 0) is 17.7 Å². The van der Waals surface area contributed by atoms with E-state index in [4.69, 9.17) is 10.8 Å². The van der Waals surface area contributed by atoms with Crippen molar-refractivity contribution < 1.29 is 9.90 Å². The van der Waals surface area contributed by atoms with Gasteiger partial charge in [-0.25, -0.2) is 14.8 Å². The molecule has 0 saturated carbocycles. The van der Waals surface area contributed by atoms with Crippen LogP contribution >= 0.6 is 0 Å². The Morgan fingerprint density at radius 2 is 1.62 bits per heavy atom. The quantitative estimate of drug-likeness (QED) is 0.739. The Morgan fingerprint density at radius 3 is 2.12 bits per heavy atom. The van der Waals surface area contributed by atoms with Gasteiger partial charge in [-0.15, -0.1) is 0 Å². The monoisotopic (exact) mass is 215 g/mol. The van der Waals surface area contributed by atoms with Crippen molar-refractivity contribution in [2.45, 2.75) is 0 Å². The molecule has 0 fully saturated rings. The van der Waals surface area contributed by atoms with Gasteiger partial charge < -0.3 is 10.8 Å². The maximum atomic E-state index is 10.6. The van der Waals surface area contributed by atoms with Crippen molar-refractivity contribution in [2.24, 2.45) is 0 Å². The van der Waals surface area contributed by atoms with Crippen LogP contribution in [0.2, 0.25) is 0 Å². The van der Waals surface area contributed by atoms with E-state index in [9.17, 15) is 4.79 Å². The molecular formula is C11H9N3O2. The van der Waals surface area contributed by atoms with Crippen molar-refractivity contribution in [1.82, 2.24) is 9.97 Å². The number of aromatic nitrogens is 2. The number of aromatic carboxylic acids is 1. The van der Waals surface area contributed by atoms with Gasteiger partial charge in [0, 0.05) is 23.6 Å². The lowest BCUT2D eigenvalue weighted by molar-refractivity contribution is 0.0683. The molecule has 1 aromatic heterocycles. The number of carbonyl (C=O) groups is 1. The molecule has 1 heterocycles. The van der Waals surface area contributed by atoms with E-state index in [1.165, 1.54) is 12.4 Å². The third-order valence-corrected chi connectivity index (χ3v) is 2.09. The number of nitrogen functional groups attached to an aromatic ring is 1. The molecule has 0 radical (unpaired) electrons. The number of anilines is 1. The third kappa shape index (κ3) is 1.98. The summed E-state index contributed by atoms with van der Waals surface area (Å²) >= 11 is 0. The average Bonchev–Trinajstić information content (AvgIpc) is 2.30. The van der Waals surface area contributed by atoms with E-state index < -0.39 is 5.97 Å². The molecule has 0 aliphatic heterocycles. The van der Waals surface area contributed by atoms with Crippen molar-refractivity contribution >= 4 is 11.7 Å². The predicted molar refractivity (Wildman–Crippen MR) is 58.8 cm³/mol. The van der Waals surface area contributed by atoms with Crippen molar-refractivity contribution in [1.29, 1.82) is 0 Å². The van der Waals surface area contributed by atoms with Crippen molar-refractivity contribution in [3.8, 4) is 11.1 Å². The third-order valence-electron chi connectivity index (χ3n) is 2.09. The lowest BCUT2D eigenvalue weighted by Gasteiger charge is -2.01. The smallest absolute Gasteiger partial charge is 0.373 e. The SMILES string of the molecule is Nc1ccc(-c2cnc(C(=O)O)nc2)cc1. The summed E-state index contributed by atoms with van der Waals surface area (Å²) in [6.07, 6.45) is 2.95. The molecule has 0 spiro atoms. The van der Waals surface area contributed by atoms with E-state index in [2.05, 4.69) is 9.97 Å². The van der Waals surface area contributed by atoms with Gasteiger partial charge in [-0.1, -0.05) is 12.1 Å². The Kier molecular flexibility index (Phi) is 2.51. The highest BCUT2D eigenvalue weighted by Crippen LogP contribution is 2.18. The molecule has 3 N–H and O–H groups in total. The molecule has 0 aliphatic carbocycles. The van der Waals surface area contributed by atoms with Crippen molar-refractivity contribution in [2.75, 3.05) is 5.73 Å². The minimum atomic E-state index is -1.14. The molecule has 0 aliphatic rings. The largest absolute Gasteiger partial charge is 0.475 e. The van der Waals surface area contributed by atoms with Crippen LogP contribution in [0, 0.1) is 0 Å². The molecule has 0 saturated heterocycles. The number of hydrogen-bond donors (Lipinski definition) is 2. The standard InChI is InChI=1S/C11H9N3O2/c12-9-3-1-7(2-4-9)8-5-13-10(11(15)16)14-6-8/h1-6H,12H2,(H,15,16). The Hall–Kier alpha value is -2.43. The van der Waals surface area contributed by atoms with Gasteiger partial charge >= 0.3 is 5.97 Å². The van der Waals surface area contributed by atoms with Crippen LogP contribution < -0.4 is 5.73 Å². The highest BCUT2D eigenvalue weighted by Gasteiger charge is 2.06. The van der Waals surface area contributed by atoms with Crippen LogP contribution in [0.15, 0.2) is 36.7 Å². The predicted octanol–water partition coefficient (Wildman–Crippen LogP) is 1.42. The topological polar surface area (TPSA) is 89.1 Å². The number of carboxylic acid groups (broad SMARTS) is 1. The molecule has 5 nitrogen and oxygen atoms in total. The Morgan fingerprint density at radius 1 is 1.06 bits per heavy atom. The minimum Gasteiger partial charge on any atom is -0.475 e. The summed E-state index contributed by atoms with van der Waals surface area (Å²) in [6.45, 7) is 0. The highest BCUT2D eigenvalue weighted by molar-refractivity contribution is 5.83. The number of benzene rings is 1. The summed E-state index contributed by atoms with van der Waals surface area (Å²) < 4.78 is 0. The molecule has 80 valence electrons. The van der Waals surface area contributed by atoms with Crippen LogP contribution in [0.5, 0.6) is 0 Å². The molecule has 0 amide bonds. The number of nitrogens with zero attached hydrogens (tertiary/aromatic N) is 2. The van der Waals surface area contributed by atoms with Crippen LogP contribution in [0.3, 0.4) is 0 Å². The first-order valence-electron chi connectivity index (χ1n) is 4.58. The summed E-state index contributed by atoms with van der Waals surface area (Å²) in [4.78, 5) is 18.0. The second kappa shape index (κ2) is 3.98. The number of carboxylic acids is 1. The van der Waals surface area contributed by atoms with Crippen LogP contribution in [0.25, 0.3) is 11.1 Å². The molecule has 0 bridgehead atoms. The van der Waals surface area contributed by atoms with Crippen molar-refractivity contribution in [3.63, 3.8) is 0 Å². The maximum Gasteiger partial charge on any atom is 0.373 e. The van der Waals surface area contributed by atoms with E-state index in [1.54, 1.807) is 12.1 Å². The van der Waals surface area contributed by atoms with E-state index in [0.29, 0.717) is 5.69 Å². The number of nitrogens with two attached hydrogens (primary N) is 1. The lowest BCUT2D eigenvalue weighted by atomic mass is 10.1. The summed E-state index contributed by atoms with van der Waals surface area (Å²) in [5.74, 6) is -1.34. The van der Waals surface area contributed by atoms with Gasteiger partial charge in [-0.3, -0.25) is 0 Å². The highest BCUT2D eigenvalue weighted by atomic mass is 16.4. The summed E-state index contributed by atoms with van der Waals surface area (Å²) in [7, 11) is 0. The zero-order valence-corrected chi connectivity index (χ0v) is 8.29. The molecule has 2 rings (SSSR count). The Labute approximate surface area is 91.6 Å². The van der Waals surface area contributed by atoms with Gasteiger partial charge in [0.25, 0.3) is 0 Å². The molecule has 0 unspecified atom stereocenters. The first kappa shape index (κ1) is 10.1. The van der Waals surface area contributed by atoms with Crippen LogP contribution in [-0.4, -0.2) is 21.0 Å². The van der Waals surface area contributed by atoms with Gasteiger partial charge in [0.2, 0.25) is 5.82 Å². The van der Waals surface area contributed by atoms with Crippen LogP contribution in [-0.2, 0) is 0 Å². The first-order chi connectivity index (χ1) is 7.66. The van der Waals surface area contributed by atoms with E-state index in [1.807, 2.05) is 12.1 Å². The second-order valence-electron chi connectivity index (χ2n) is 3.22. The summed E-state index contributed by atoms with van der Waals surface area (Å²) in [5.41, 5.74) is 7.88. The molecule has 0 atom stereocenters. The fraction of sp³-hybridized carbons (Fsp3) is 0. The zero-order valence-electron chi connectivity index (χ0n) is 8.29. The van der Waals surface area contributed by atoms with Crippen molar-refractivity contribution in [3.05, 3.63) is 42.5 Å². The molecule has 1 aromatic carbocycles. The molecule has 2 aromatic rings. The lowest BCUT2D eigenvalue weighted by Crippen LogP contribution is -2.03. The fourth-order valence-corrected chi connectivity index (χ4v) is 1.26. The minimum absolute atomic E-state index is 0.209. The Bertz CT molecular complexity index is 506. The van der Waals surface area contributed by atoms with E-state index >= 15 is 0 Å². The maximum absolute atomic E-state index is 10.6. The second-order valence-corrected chi connectivity index (χ2v) is 3.22. The average molecular weight is 215 g/mol. The molecule has 5 heteroatoms. The Balaban J connectivity index is 2.34. The summed E-state index contributed by atoms with van der Waals surface area (Å²) in [6, 6.07) is 7.18. The molecule has 16 heavy (non-hydrogen) atoms. The van der Waals surface area contributed by atoms with Gasteiger partial charge in [0.15, 0.2) is 0 Å². The van der Waals surface area contributed by atoms with Crippen LogP contribution in [0.1, 0.15) is 10.6 Å². The summed E-state index contributed by atoms with van der Waals surface area (Å²) in [5, 5.41) is 8.64. The van der Waals surface area contributed by atoms with Gasteiger partial charge in [0.1, 0.15) is 0 Å². The first-order valence-corrected chi connectivity index (χ1v) is 4.58. The number of hydrogen-bond acceptors (Lipinski definition) is 4. The van der Waals surface area contributed by atoms with E-state index in [0.717, 1.165) is 11.1 Å². The van der Waals surface area contributed by atoms with E-state index in [-0.39, 0.29) is 5.82 Å².